The summed E-state index contributed by atoms with van der Waals surface area (Å²) in [6.45, 7) is 1.35. The van der Waals surface area contributed by atoms with Gasteiger partial charge in [-0.05, 0) is 25.1 Å². The van der Waals surface area contributed by atoms with Crippen molar-refractivity contribution in [3.63, 3.8) is 0 Å². The third-order valence-electron chi connectivity index (χ3n) is 2.38. The molecule has 1 rings (SSSR count). The van der Waals surface area contributed by atoms with Crippen LogP contribution in [0.4, 0.5) is 4.39 Å². The molecule has 1 aromatic rings. The van der Waals surface area contributed by atoms with Crippen LogP contribution >= 0.6 is 11.6 Å². The SMILES string of the molecule is C#CCNC(=O)CNC(=O)[C@@H](C)Oc1ccc(F)cc1Cl. The predicted molar refractivity (Wildman–Crippen MR) is 76.4 cm³/mol. The van der Waals surface area contributed by atoms with Gasteiger partial charge in [0.05, 0.1) is 18.1 Å². The van der Waals surface area contributed by atoms with Crippen LogP contribution in [0.2, 0.25) is 5.02 Å². The van der Waals surface area contributed by atoms with E-state index in [1.54, 1.807) is 0 Å². The molecule has 7 heteroatoms. The quantitative estimate of drug-likeness (QED) is 0.773. The topological polar surface area (TPSA) is 67.4 Å². The number of amides is 2. The number of carbonyl (C=O) groups excluding carboxylic acids is 2. The van der Waals surface area contributed by atoms with E-state index < -0.39 is 23.7 Å². The molecule has 112 valence electrons. The molecule has 0 saturated carbocycles. The van der Waals surface area contributed by atoms with Gasteiger partial charge in [-0.3, -0.25) is 9.59 Å². The first kappa shape index (κ1) is 16.8. The van der Waals surface area contributed by atoms with Gasteiger partial charge in [0.1, 0.15) is 11.6 Å². The van der Waals surface area contributed by atoms with Crippen LogP contribution in [0.1, 0.15) is 6.92 Å². The van der Waals surface area contributed by atoms with Crippen molar-refractivity contribution in [2.75, 3.05) is 13.1 Å². The summed E-state index contributed by atoms with van der Waals surface area (Å²) in [6.07, 6.45) is 4.09. The summed E-state index contributed by atoms with van der Waals surface area (Å²) in [6, 6.07) is 3.56. The highest BCUT2D eigenvalue weighted by molar-refractivity contribution is 6.32. The van der Waals surface area contributed by atoms with E-state index in [0.717, 1.165) is 6.07 Å². The lowest BCUT2D eigenvalue weighted by Crippen LogP contribution is -2.42. The largest absolute Gasteiger partial charge is 0.479 e. The Balaban J connectivity index is 2.48. The van der Waals surface area contributed by atoms with Crippen LogP contribution in [0.25, 0.3) is 0 Å². The zero-order valence-electron chi connectivity index (χ0n) is 11.3. The fourth-order valence-electron chi connectivity index (χ4n) is 1.34. The van der Waals surface area contributed by atoms with Crippen molar-refractivity contribution in [1.29, 1.82) is 0 Å². The lowest BCUT2D eigenvalue weighted by Gasteiger charge is -2.15. The average molecular weight is 313 g/mol. The highest BCUT2D eigenvalue weighted by Crippen LogP contribution is 2.25. The molecular formula is C14H14ClFN2O3. The number of ether oxygens (including phenoxy) is 1. The fraction of sp³-hybridized carbons (Fsp3) is 0.286. The maximum absolute atomic E-state index is 12.9. The summed E-state index contributed by atoms with van der Waals surface area (Å²) in [7, 11) is 0. The predicted octanol–water partition coefficient (Wildman–Crippen LogP) is 1.11. The minimum absolute atomic E-state index is 0.0569. The van der Waals surface area contributed by atoms with Crippen LogP contribution in [-0.4, -0.2) is 31.0 Å². The summed E-state index contributed by atoms with van der Waals surface area (Å²) >= 11 is 5.78. The molecule has 21 heavy (non-hydrogen) atoms. The molecule has 0 radical (unpaired) electrons. The fourth-order valence-corrected chi connectivity index (χ4v) is 1.55. The monoisotopic (exact) mass is 312 g/mol. The van der Waals surface area contributed by atoms with Crippen molar-refractivity contribution in [2.24, 2.45) is 0 Å². The molecule has 0 aromatic heterocycles. The molecule has 0 aliphatic heterocycles. The Labute approximate surface area is 126 Å². The number of halogens is 2. The van der Waals surface area contributed by atoms with Gasteiger partial charge < -0.3 is 15.4 Å². The van der Waals surface area contributed by atoms with E-state index in [4.69, 9.17) is 22.8 Å². The van der Waals surface area contributed by atoms with Gasteiger partial charge in [-0.25, -0.2) is 4.39 Å². The van der Waals surface area contributed by atoms with Gasteiger partial charge in [0.15, 0.2) is 6.10 Å². The molecule has 0 aliphatic carbocycles. The molecule has 0 bridgehead atoms. The van der Waals surface area contributed by atoms with Crippen LogP contribution in [0.15, 0.2) is 18.2 Å². The van der Waals surface area contributed by atoms with E-state index in [9.17, 15) is 14.0 Å². The molecule has 0 unspecified atom stereocenters. The normalized spacial score (nSPS) is 11.1. The van der Waals surface area contributed by atoms with Gasteiger partial charge in [-0.1, -0.05) is 17.5 Å². The third kappa shape index (κ3) is 5.71. The van der Waals surface area contributed by atoms with Crippen LogP contribution in [-0.2, 0) is 9.59 Å². The van der Waals surface area contributed by atoms with Gasteiger partial charge in [0, 0.05) is 0 Å². The molecule has 1 aromatic carbocycles. The van der Waals surface area contributed by atoms with Gasteiger partial charge in [0.2, 0.25) is 5.91 Å². The Hall–Kier alpha value is -2.26. The maximum atomic E-state index is 12.9. The van der Waals surface area contributed by atoms with Crippen molar-refractivity contribution in [1.82, 2.24) is 10.6 Å². The van der Waals surface area contributed by atoms with E-state index in [1.165, 1.54) is 19.1 Å². The number of terminal acetylenes is 1. The first-order chi connectivity index (χ1) is 9.93. The lowest BCUT2D eigenvalue weighted by molar-refractivity contribution is -0.130. The molecule has 0 heterocycles. The number of nitrogens with one attached hydrogen (secondary N) is 2. The molecule has 2 N–H and O–H groups in total. The van der Waals surface area contributed by atoms with Crippen LogP contribution in [0.3, 0.4) is 0 Å². The van der Waals surface area contributed by atoms with Gasteiger partial charge >= 0.3 is 0 Å². The van der Waals surface area contributed by atoms with Gasteiger partial charge in [0.25, 0.3) is 5.91 Å². The number of rotatable bonds is 6. The zero-order chi connectivity index (χ0) is 15.8. The van der Waals surface area contributed by atoms with Gasteiger partial charge in [-0.2, -0.15) is 0 Å². The van der Waals surface area contributed by atoms with Crippen molar-refractivity contribution >= 4 is 23.4 Å². The molecular weight excluding hydrogens is 299 g/mol. The van der Waals surface area contributed by atoms with E-state index in [0.29, 0.717) is 0 Å². The standard InChI is InChI=1S/C14H14ClFN2O3/c1-3-6-17-13(19)8-18-14(20)9(2)21-12-5-4-10(16)7-11(12)15/h1,4-5,7,9H,6,8H2,2H3,(H,17,19)(H,18,20)/t9-/m1/s1. The minimum atomic E-state index is -0.895. The Morgan fingerprint density at radius 3 is 2.81 bits per heavy atom. The van der Waals surface area contributed by atoms with Crippen molar-refractivity contribution in [3.8, 4) is 18.1 Å². The smallest absolute Gasteiger partial charge is 0.261 e. The summed E-state index contributed by atoms with van der Waals surface area (Å²) < 4.78 is 18.2. The second-order valence-corrected chi connectivity index (χ2v) is 4.44. The van der Waals surface area contributed by atoms with Crippen LogP contribution in [0.5, 0.6) is 5.75 Å². The molecule has 0 saturated heterocycles. The number of carbonyl (C=O) groups is 2. The number of benzene rings is 1. The molecule has 2 amide bonds. The van der Waals surface area contributed by atoms with Gasteiger partial charge in [-0.15, -0.1) is 6.42 Å². The average Bonchev–Trinajstić information content (AvgIpc) is 2.45. The van der Waals surface area contributed by atoms with E-state index >= 15 is 0 Å². The number of hydrogen-bond acceptors (Lipinski definition) is 3. The van der Waals surface area contributed by atoms with Crippen molar-refractivity contribution in [3.05, 3.63) is 29.0 Å². The Morgan fingerprint density at radius 1 is 1.48 bits per heavy atom. The second-order valence-electron chi connectivity index (χ2n) is 4.03. The molecule has 0 spiro atoms. The van der Waals surface area contributed by atoms with Crippen molar-refractivity contribution < 1.29 is 18.7 Å². The van der Waals surface area contributed by atoms with Crippen molar-refractivity contribution in [2.45, 2.75) is 13.0 Å². The third-order valence-corrected chi connectivity index (χ3v) is 2.67. The highest BCUT2D eigenvalue weighted by Gasteiger charge is 2.17. The maximum Gasteiger partial charge on any atom is 0.261 e. The highest BCUT2D eigenvalue weighted by atomic mass is 35.5. The second kappa shape index (κ2) is 8.12. The minimum Gasteiger partial charge on any atom is -0.479 e. The summed E-state index contributed by atoms with van der Waals surface area (Å²) in [4.78, 5) is 23.0. The Bertz CT molecular complexity index is 572. The molecule has 0 aliphatic rings. The first-order valence-electron chi connectivity index (χ1n) is 6.03. The van der Waals surface area contributed by atoms with E-state index in [-0.39, 0.29) is 23.9 Å². The molecule has 5 nitrogen and oxygen atoms in total. The Kier molecular flexibility index (Phi) is 6.50. The van der Waals surface area contributed by atoms with Crippen LogP contribution < -0.4 is 15.4 Å². The van der Waals surface area contributed by atoms with Crippen LogP contribution in [0, 0.1) is 18.2 Å². The van der Waals surface area contributed by atoms with E-state index in [2.05, 4.69) is 16.6 Å². The number of hydrogen-bond donors (Lipinski definition) is 2. The summed E-state index contributed by atoms with van der Waals surface area (Å²) in [5, 5.41) is 4.84. The first-order valence-corrected chi connectivity index (χ1v) is 6.41. The summed E-state index contributed by atoms with van der Waals surface area (Å²) in [5.41, 5.74) is 0. The lowest BCUT2D eigenvalue weighted by atomic mass is 10.3. The molecule has 1 atom stereocenters. The molecule has 0 fully saturated rings. The van der Waals surface area contributed by atoms with E-state index in [1.807, 2.05) is 0 Å². The zero-order valence-corrected chi connectivity index (χ0v) is 12.0. The summed E-state index contributed by atoms with van der Waals surface area (Å²) in [5.74, 6) is 0.994. The Morgan fingerprint density at radius 2 is 2.19 bits per heavy atom.